The quantitative estimate of drug-likeness (QED) is 0.667. The van der Waals surface area contributed by atoms with Crippen LogP contribution in [0.1, 0.15) is 25.1 Å². The zero-order chi connectivity index (χ0) is 14.5. The Kier molecular flexibility index (Phi) is 4.51. The SMILES string of the molecule is CC.Cc1nn(Cc2ccccc2F)c2ccccc12. The van der Waals surface area contributed by atoms with Crippen molar-refractivity contribution in [3.8, 4) is 0 Å². The fraction of sp³-hybridized carbons (Fsp3) is 0.235. The molecule has 0 aliphatic rings. The molecule has 20 heavy (non-hydrogen) atoms. The third kappa shape index (κ3) is 2.72. The van der Waals surface area contributed by atoms with E-state index in [2.05, 4.69) is 5.10 Å². The Morgan fingerprint density at radius 1 is 1.00 bits per heavy atom. The fourth-order valence-electron chi connectivity index (χ4n) is 2.20. The van der Waals surface area contributed by atoms with Crippen LogP contribution in [0.2, 0.25) is 0 Å². The Labute approximate surface area is 118 Å². The highest BCUT2D eigenvalue weighted by molar-refractivity contribution is 5.81. The molecular weight excluding hydrogens is 251 g/mol. The molecule has 1 heterocycles. The number of fused-ring (bicyclic) bond motifs is 1. The number of para-hydroxylation sites is 1. The first-order valence-electron chi connectivity index (χ1n) is 6.91. The van der Waals surface area contributed by atoms with E-state index < -0.39 is 0 Å². The van der Waals surface area contributed by atoms with Gasteiger partial charge >= 0.3 is 0 Å². The molecule has 0 bridgehead atoms. The van der Waals surface area contributed by atoms with E-state index in [1.807, 2.05) is 55.8 Å². The first-order chi connectivity index (χ1) is 9.75. The van der Waals surface area contributed by atoms with Gasteiger partial charge in [0.05, 0.1) is 17.8 Å². The molecule has 0 N–H and O–H groups in total. The number of hydrogen-bond acceptors (Lipinski definition) is 1. The van der Waals surface area contributed by atoms with Gasteiger partial charge in [0.25, 0.3) is 0 Å². The summed E-state index contributed by atoms with van der Waals surface area (Å²) >= 11 is 0. The zero-order valence-corrected chi connectivity index (χ0v) is 12.1. The van der Waals surface area contributed by atoms with Crippen molar-refractivity contribution in [3.63, 3.8) is 0 Å². The zero-order valence-electron chi connectivity index (χ0n) is 12.1. The molecule has 0 amide bonds. The number of halogens is 1. The average molecular weight is 270 g/mol. The van der Waals surface area contributed by atoms with Gasteiger partial charge in [0.15, 0.2) is 0 Å². The first kappa shape index (κ1) is 14.3. The van der Waals surface area contributed by atoms with Gasteiger partial charge in [-0.05, 0) is 19.1 Å². The van der Waals surface area contributed by atoms with Gasteiger partial charge in [-0.3, -0.25) is 4.68 Å². The second-order valence-electron chi connectivity index (χ2n) is 4.35. The van der Waals surface area contributed by atoms with Crippen LogP contribution in [0.25, 0.3) is 10.9 Å². The summed E-state index contributed by atoms with van der Waals surface area (Å²) < 4.78 is 15.5. The largest absolute Gasteiger partial charge is 0.260 e. The van der Waals surface area contributed by atoms with Crippen LogP contribution in [0.3, 0.4) is 0 Å². The molecule has 0 saturated carbocycles. The lowest BCUT2D eigenvalue weighted by Gasteiger charge is -2.04. The van der Waals surface area contributed by atoms with Crippen LogP contribution >= 0.6 is 0 Å². The first-order valence-corrected chi connectivity index (χ1v) is 6.91. The van der Waals surface area contributed by atoms with E-state index in [1.165, 1.54) is 6.07 Å². The van der Waals surface area contributed by atoms with Gasteiger partial charge in [-0.2, -0.15) is 5.10 Å². The van der Waals surface area contributed by atoms with Gasteiger partial charge < -0.3 is 0 Å². The van der Waals surface area contributed by atoms with Crippen molar-refractivity contribution in [2.75, 3.05) is 0 Å². The summed E-state index contributed by atoms with van der Waals surface area (Å²) in [7, 11) is 0. The summed E-state index contributed by atoms with van der Waals surface area (Å²) in [6.07, 6.45) is 0. The molecule has 0 unspecified atom stereocenters. The van der Waals surface area contributed by atoms with Gasteiger partial charge in [-0.15, -0.1) is 0 Å². The lowest BCUT2D eigenvalue weighted by molar-refractivity contribution is 0.589. The number of rotatable bonds is 2. The standard InChI is InChI=1S/C15H13FN2.C2H6/c1-11-13-7-3-5-9-15(13)18(17-11)10-12-6-2-4-8-14(12)16;1-2/h2-9H,10H2,1H3;1-2H3. The van der Waals surface area contributed by atoms with Crippen molar-refractivity contribution in [1.29, 1.82) is 0 Å². The Hall–Kier alpha value is -2.16. The summed E-state index contributed by atoms with van der Waals surface area (Å²) in [5.74, 6) is -0.185. The molecule has 0 saturated heterocycles. The Morgan fingerprint density at radius 3 is 2.40 bits per heavy atom. The molecule has 0 fully saturated rings. The average Bonchev–Trinajstić information content (AvgIpc) is 2.81. The van der Waals surface area contributed by atoms with E-state index in [1.54, 1.807) is 12.1 Å². The summed E-state index contributed by atoms with van der Waals surface area (Å²) in [5, 5.41) is 5.60. The maximum atomic E-state index is 13.6. The Morgan fingerprint density at radius 2 is 1.65 bits per heavy atom. The normalized spacial score (nSPS) is 10.2. The van der Waals surface area contributed by atoms with Gasteiger partial charge in [0.2, 0.25) is 0 Å². The lowest BCUT2D eigenvalue weighted by Crippen LogP contribution is -2.03. The van der Waals surface area contributed by atoms with Crippen molar-refractivity contribution in [2.24, 2.45) is 0 Å². The predicted molar refractivity (Wildman–Crippen MR) is 81.3 cm³/mol. The minimum atomic E-state index is -0.185. The van der Waals surface area contributed by atoms with Crippen LogP contribution in [0.15, 0.2) is 48.5 Å². The second kappa shape index (κ2) is 6.33. The van der Waals surface area contributed by atoms with Gasteiger partial charge in [0.1, 0.15) is 5.82 Å². The molecule has 0 radical (unpaired) electrons. The third-order valence-electron chi connectivity index (χ3n) is 3.12. The van der Waals surface area contributed by atoms with Crippen LogP contribution in [-0.2, 0) is 6.54 Å². The number of benzene rings is 2. The highest BCUT2D eigenvalue weighted by Crippen LogP contribution is 2.19. The van der Waals surface area contributed by atoms with E-state index in [-0.39, 0.29) is 5.82 Å². The smallest absolute Gasteiger partial charge is 0.128 e. The fourth-order valence-corrected chi connectivity index (χ4v) is 2.20. The van der Waals surface area contributed by atoms with E-state index in [0.29, 0.717) is 12.1 Å². The van der Waals surface area contributed by atoms with Gasteiger partial charge in [-0.25, -0.2) is 4.39 Å². The maximum Gasteiger partial charge on any atom is 0.128 e. The van der Waals surface area contributed by atoms with Crippen LogP contribution in [0.4, 0.5) is 4.39 Å². The molecular formula is C17H19FN2. The molecule has 0 aliphatic carbocycles. The summed E-state index contributed by atoms with van der Waals surface area (Å²) in [4.78, 5) is 0. The van der Waals surface area contributed by atoms with Crippen LogP contribution < -0.4 is 0 Å². The summed E-state index contributed by atoms with van der Waals surface area (Å²) in [5.41, 5.74) is 2.67. The Bertz CT molecular complexity index is 701. The van der Waals surface area contributed by atoms with E-state index in [4.69, 9.17) is 0 Å². The highest BCUT2D eigenvalue weighted by Gasteiger charge is 2.08. The molecule has 3 rings (SSSR count). The second-order valence-corrected chi connectivity index (χ2v) is 4.35. The van der Waals surface area contributed by atoms with Crippen LogP contribution in [-0.4, -0.2) is 9.78 Å². The maximum absolute atomic E-state index is 13.6. The lowest BCUT2D eigenvalue weighted by atomic mass is 10.2. The number of nitrogens with zero attached hydrogens (tertiary/aromatic N) is 2. The minimum absolute atomic E-state index is 0.185. The summed E-state index contributed by atoms with van der Waals surface area (Å²) in [6.45, 7) is 6.43. The van der Waals surface area contributed by atoms with Crippen molar-refractivity contribution in [3.05, 3.63) is 65.6 Å². The molecule has 0 aliphatic heterocycles. The number of hydrogen-bond donors (Lipinski definition) is 0. The van der Waals surface area contributed by atoms with E-state index in [0.717, 1.165) is 16.6 Å². The molecule has 104 valence electrons. The third-order valence-corrected chi connectivity index (χ3v) is 3.12. The van der Waals surface area contributed by atoms with Crippen LogP contribution in [0.5, 0.6) is 0 Å². The van der Waals surface area contributed by atoms with Crippen molar-refractivity contribution in [1.82, 2.24) is 9.78 Å². The summed E-state index contributed by atoms with van der Waals surface area (Å²) in [6, 6.07) is 14.8. The van der Waals surface area contributed by atoms with Crippen molar-refractivity contribution < 1.29 is 4.39 Å². The molecule has 1 aromatic heterocycles. The molecule has 3 aromatic rings. The van der Waals surface area contributed by atoms with E-state index in [9.17, 15) is 4.39 Å². The molecule has 2 aromatic carbocycles. The van der Waals surface area contributed by atoms with Gasteiger partial charge in [-0.1, -0.05) is 50.2 Å². The predicted octanol–water partition coefficient (Wildman–Crippen LogP) is 4.56. The number of aromatic nitrogens is 2. The molecule has 3 heteroatoms. The van der Waals surface area contributed by atoms with Crippen LogP contribution in [0, 0.1) is 12.7 Å². The van der Waals surface area contributed by atoms with Crippen molar-refractivity contribution >= 4 is 10.9 Å². The molecule has 0 atom stereocenters. The number of aryl methyl sites for hydroxylation is 1. The van der Waals surface area contributed by atoms with Gasteiger partial charge in [0, 0.05) is 10.9 Å². The van der Waals surface area contributed by atoms with E-state index >= 15 is 0 Å². The minimum Gasteiger partial charge on any atom is -0.260 e. The van der Waals surface area contributed by atoms with Crippen molar-refractivity contribution in [2.45, 2.75) is 27.3 Å². The molecule has 0 spiro atoms. The Balaban J connectivity index is 0.000000704. The monoisotopic (exact) mass is 270 g/mol. The topological polar surface area (TPSA) is 17.8 Å². The highest BCUT2D eigenvalue weighted by atomic mass is 19.1. The molecule has 2 nitrogen and oxygen atoms in total.